The van der Waals surface area contributed by atoms with E-state index in [0.29, 0.717) is 13.2 Å². The van der Waals surface area contributed by atoms with Crippen LogP contribution in [-0.2, 0) is 19.1 Å². The molecule has 0 radical (unpaired) electrons. The second kappa shape index (κ2) is 47.9. The number of esters is 2. The Hall–Kier alpha value is -1.18. The van der Waals surface area contributed by atoms with Crippen molar-refractivity contribution >= 4 is 11.9 Å². The molecule has 1 heterocycles. The third-order valence-corrected chi connectivity index (χ3v) is 14.5. The van der Waals surface area contributed by atoms with Gasteiger partial charge in [-0.15, -0.1) is 0 Å². The molecule has 65 heavy (non-hydrogen) atoms. The highest BCUT2D eigenvalue weighted by molar-refractivity contribution is 5.72. The van der Waals surface area contributed by atoms with Gasteiger partial charge < -0.3 is 24.4 Å². The number of unbranched alkanes of at least 4 members (excludes halogenated alkanes) is 28. The summed E-state index contributed by atoms with van der Waals surface area (Å²) in [4.78, 5) is 31.6. The number of likely N-dealkylation sites (tertiary alicyclic amines) is 1. The summed E-state index contributed by atoms with van der Waals surface area (Å²) in [6.45, 7) is 16.9. The number of aliphatic hydroxyl groups excluding tert-OH is 1. The second-order valence-corrected chi connectivity index (χ2v) is 20.8. The summed E-state index contributed by atoms with van der Waals surface area (Å²) >= 11 is 0. The predicted molar refractivity (Wildman–Crippen MR) is 280 cm³/mol. The van der Waals surface area contributed by atoms with Crippen molar-refractivity contribution in [3.63, 3.8) is 0 Å². The normalized spacial score (nSPS) is 13.8. The lowest BCUT2D eigenvalue weighted by Crippen LogP contribution is -2.38. The Kier molecular flexibility index (Phi) is 45.5. The molecular formula is C58H114N2O5. The van der Waals surface area contributed by atoms with Crippen LogP contribution >= 0.6 is 0 Å². The van der Waals surface area contributed by atoms with Gasteiger partial charge in [0.25, 0.3) is 0 Å². The fourth-order valence-electron chi connectivity index (χ4n) is 9.96. The van der Waals surface area contributed by atoms with Crippen molar-refractivity contribution in [2.24, 2.45) is 11.8 Å². The summed E-state index contributed by atoms with van der Waals surface area (Å²) < 4.78 is 11.8. The lowest BCUT2D eigenvalue weighted by Gasteiger charge is -2.30. The molecular weight excluding hydrogens is 805 g/mol. The minimum Gasteiger partial charge on any atom is -0.465 e. The summed E-state index contributed by atoms with van der Waals surface area (Å²) in [6, 6.07) is 0. The molecule has 1 aliphatic rings. The van der Waals surface area contributed by atoms with Gasteiger partial charge in [0.2, 0.25) is 0 Å². The predicted octanol–water partition coefficient (Wildman–Crippen LogP) is 16.4. The van der Waals surface area contributed by atoms with Crippen molar-refractivity contribution in [3.05, 3.63) is 0 Å². The van der Waals surface area contributed by atoms with Crippen LogP contribution in [-0.4, -0.2) is 85.4 Å². The fraction of sp³-hybridized carbons (Fsp3) is 0.966. The Morgan fingerprint density at radius 3 is 1.08 bits per heavy atom. The van der Waals surface area contributed by atoms with E-state index in [1.807, 2.05) is 0 Å². The van der Waals surface area contributed by atoms with Gasteiger partial charge in [0, 0.05) is 13.1 Å². The van der Waals surface area contributed by atoms with Crippen molar-refractivity contribution in [1.82, 2.24) is 9.80 Å². The third-order valence-electron chi connectivity index (χ3n) is 14.5. The molecule has 1 N–H and O–H groups in total. The quantitative estimate of drug-likeness (QED) is 0.0481. The average molecular weight is 920 g/mol. The zero-order chi connectivity index (χ0) is 47.1. The van der Waals surface area contributed by atoms with Crippen LogP contribution in [0.1, 0.15) is 291 Å². The van der Waals surface area contributed by atoms with E-state index in [4.69, 9.17) is 9.47 Å². The third kappa shape index (κ3) is 39.4. The van der Waals surface area contributed by atoms with Gasteiger partial charge in [0.05, 0.1) is 31.2 Å². The fourth-order valence-corrected chi connectivity index (χ4v) is 9.96. The highest BCUT2D eigenvalue weighted by atomic mass is 16.5. The van der Waals surface area contributed by atoms with E-state index in [-0.39, 0.29) is 29.9 Å². The number of rotatable bonds is 50. The van der Waals surface area contributed by atoms with E-state index in [1.54, 1.807) is 0 Å². The number of carbonyl (C=O) groups is 2. The van der Waals surface area contributed by atoms with Gasteiger partial charge in [-0.05, 0) is 96.8 Å². The number of nitrogens with zero attached hydrogens (tertiary/aromatic N) is 2. The molecule has 0 aromatic rings. The number of carbonyl (C=O) groups excluding carboxylic acids is 2. The van der Waals surface area contributed by atoms with Crippen LogP contribution in [0, 0.1) is 11.8 Å². The van der Waals surface area contributed by atoms with Crippen LogP contribution in [0.3, 0.4) is 0 Å². The van der Waals surface area contributed by atoms with Gasteiger partial charge in [-0.3, -0.25) is 9.59 Å². The van der Waals surface area contributed by atoms with Crippen LogP contribution in [0.15, 0.2) is 0 Å². The van der Waals surface area contributed by atoms with Crippen molar-refractivity contribution < 1.29 is 24.2 Å². The van der Waals surface area contributed by atoms with Crippen LogP contribution in [0.4, 0.5) is 0 Å². The highest BCUT2D eigenvalue weighted by Crippen LogP contribution is 2.23. The number of ether oxygens (including phenoxy) is 2. The van der Waals surface area contributed by atoms with Gasteiger partial charge in [-0.25, -0.2) is 0 Å². The highest BCUT2D eigenvalue weighted by Gasteiger charge is 2.21. The van der Waals surface area contributed by atoms with E-state index < -0.39 is 0 Å². The molecule has 0 unspecified atom stereocenters. The Morgan fingerprint density at radius 2 is 0.723 bits per heavy atom. The van der Waals surface area contributed by atoms with Crippen molar-refractivity contribution in [2.75, 3.05) is 52.5 Å². The van der Waals surface area contributed by atoms with Gasteiger partial charge in [-0.1, -0.05) is 220 Å². The Morgan fingerprint density at radius 1 is 0.431 bits per heavy atom. The monoisotopic (exact) mass is 919 g/mol. The molecule has 0 bridgehead atoms. The summed E-state index contributed by atoms with van der Waals surface area (Å²) in [5.41, 5.74) is 0. The number of hydrogen-bond acceptors (Lipinski definition) is 7. The lowest BCUT2D eigenvalue weighted by atomic mass is 9.94. The van der Waals surface area contributed by atoms with E-state index in [9.17, 15) is 14.7 Å². The Balaban J connectivity index is 2.41. The molecule has 386 valence electrons. The average Bonchev–Trinajstić information content (AvgIpc) is 3.31. The lowest BCUT2D eigenvalue weighted by molar-refractivity contribution is -0.150. The van der Waals surface area contributed by atoms with E-state index in [0.717, 1.165) is 116 Å². The molecule has 0 atom stereocenters. The maximum Gasteiger partial charge on any atom is 0.308 e. The second-order valence-electron chi connectivity index (χ2n) is 20.8. The molecule has 1 saturated heterocycles. The standard InChI is InChI=1S/C58H114N2O5/c1-5-9-13-17-23-31-40-54(41-32-24-18-14-10-6-2)57(62)64-52-37-29-21-27-35-46-59(48-39-49-60-50-44-56(61)45-51-60)47-36-28-22-30-38-53-65-58(63)55(42-33-25-19-15-11-7-3)43-34-26-20-16-12-8-4/h54-56,61H,5-53H2,1-4H3. The maximum atomic E-state index is 13.2. The van der Waals surface area contributed by atoms with Crippen molar-refractivity contribution in [2.45, 2.75) is 297 Å². The molecule has 1 fully saturated rings. The van der Waals surface area contributed by atoms with E-state index >= 15 is 0 Å². The SMILES string of the molecule is CCCCCCCCC(CCCCCCCC)C(=O)OCCCCCCCN(CCCCCCCOC(=O)C(CCCCCCCC)CCCCCCCC)CCCN1CCC(O)CC1. The van der Waals surface area contributed by atoms with Crippen molar-refractivity contribution in [1.29, 1.82) is 0 Å². The zero-order valence-corrected chi connectivity index (χ0v) is 44.4. The molecule has 0 spiro atoms. The minimum atomic E-state index is -0.106. The maximum absolute atomic E-state index is 13.2. The molecule has 1 aliphatic heterocycles. The Labute approximate surface area is 405 Å². The molecule has 0 saturated carbocycles. The van der Waals surface area contributed by atoms with Crippen molar-refractivity contribution in [3.8, 4) is 0 Å². The molecule has 7 heteroatoms. The zero-order valence-electron chi connectivity index (χ0n) is 44.4. The molecule has 0 aromatic heterocycles. The summed E-state index contributed by atoms with van der Waals surface area (Å²) in [7, 11) is 0. The number of aliphatic hydroxyl groups is 1. The van der Waals surface area contributed by atoms with Crippen LogP contribution in [0.2, 0.25) is 0 Å². The Bertz CT molecular complexity index is 907. The molecule has 0 aliphatic carbocycles. The molecule has 0 aromatic carbocycles. The summed E-state index contributed by atoms with van der Waals surface area (Å²) in [5.74, 6) is 0.351. The minimum absolute atomic E-state index is 0.0771. The smallest absolute Gasteiger partial charge is 0.308 e. The summed E-state index contributed by atoms with van der Waals surface area (Å²) in [6.07, 6.45) is 49.2. The van der Waals surface area contributed by atoms with Gasteiger partial charge in [0.15, 0.2) is 0 Å². The van der Waals surface area contributed by atoms with Gasteiger partial charge in [-0.2, -0.15) is 0 Å². The number of hydrogen-bond donors (Lipinski definition) is 1. The van der Waals surface area contributed by atoms with Crippen LogP contribution in [0.5, 0.6) is 0 Å². The summed E-state index contributed by atoms with van der Waals surface area (Å²) in [5, 5.41) is 9.96. The van der Waals surface area contributed by atoms with E-state index in [1.165, 1.54) is 186 Å². The largest absolute Gasteiger partial charge is 0.465 e. The first kappa shape index (κ1) is 61.8. The van der Waals surface area contributed by atoms with Gasteiger partial charge >= 0.3 is 11.9 Å². The molecule has 1 rings (SSSR count). The topological polar surface area (TPSA) is 79.3 Å². The first-order chi connectivity index (χ1) is 31.9. The molecule has 0 amide bonds. The number of piperidine rings is 1. The van der Waals surface area contributed by atoms with Gasteiger partial charge in [0.1, 0.15) is 0 Å². The molecule has 7 nitrogen and oxygen atoms in total. The van der Waals surface area contributed by atoms with E-state index in [2.05, 4.69) is 37.5 Å². The first-order valence-corrected chi connectivity index (χ1v) is 29.4. The van der Waals surface area contributed by atoms with Crippen LogP contribution < -0.4 is 0 Å². The first-order valence-electron chi connectivity index (χ1n) is 29.4. The van der Waals surface area contributed by atoms with Crippen LogP contribution in [0.25, 0.3) is 0 Å².